The standard InChI is InChI=1S/C35H35N3OS/c1-36-32-14-8-7-12-28(32)30-23-26(15-16-33(30)36)34-31(24-37-19-21-40-22-20-37)27-11-5-6-13-29(27)35(39)38(34)18-17-25-9-3-2-4-10-25/h2-16,23,31,34H,17-22,24H2,1H3/t31-,34+/m0/s1. The number of para-hydroxylation sites is 1. The molecule has 202 valence electrons. The van der Waals surface area contributed by atoms with E-state index in [4.69, 9.17) is 0 Å². The van der Waals surface area contributed by atoms with Gasteiger partial charge in [-0.1, -0.05) is 72.8 Å². The molecule has 2 aliphatic heterocycles. The van der Waals surface area contributed by atoms with E-state index in [1.165, 1.54) is 50.0 Å². The Hall–Kier alpha value is -3.54. The SMILES string of the molecule is Cn1c2ccccc2c2cc([C@@H]3[C@@H](CN4CCSCC4)c4ccccc4C(=O)N3CCc3ccccc3)ccc21. The first-order chi connectivity index (χ1) is 19.7. The van der Waals surface area contributed by atoms with E-state index in [1.807, 2.05) is 23.9 Å². The normalized spacial score (nSPS) is 19.8. The lowest BCUT2D eigenvalue weighted by Gasteiger charge is -2.44. The van der Waals surface area contributed by atoms with E-state index in [2.05, 4.69) is 106 Å². The molecule has 0 saturated carbocycles. The number of fused-ring (bicyclic) bond motifs is 4. The van der Waals surface area contributed by atoms with Crippen molar-refractivity contribution >= 4 is 39.5 Å². The fourth-order valence-corrected chi connectivity index (χ4v) is 7.84. The van der Waals surface area contributed by atoms with Crippen molar-refractivity contribution < 1.29 is 4.79 Å². The molecule has 0 spiro atoms. The van der Waals surface area contributed by atoms with Gasteiger partial charge in [-0.25, -0.2) is 0 Å². The van der Waals surface area contributed by atoms with Crippen molar-refractivity contribution in [1.29, 1.82) is 0 Å². The summed E-state index contributed by atoms with van der Waals surface area (Å²) in [5.74, 6) is 2.72. The number of carbonyl (C=O) groups is 1. The fraction of sp³-hybridized carbons (Fsp3) is 0.286. The minimum absolute atomic E-state index is 0.0240. The van der Waals surface area contributed by atoms with Crippen LogP contribution in [0.3, 0.4) is 0 Å². The van der Waals surface area contributed by atoms with E-state index >= 15 is 0 Å². The molecule has 2 atom stereocenters. The highest BCUT2D eigenvalue weighted by molar-refractivity contribution is 7.99. The molecule has 3 heterocycles. The first kappa shape index (κ1) is 25.4. The Balaban J connectivity index is 1.37. The van der Waals surface area contributed by atoms with E-state index in [0.29, 0.717) is 6.54 Å². The molecule has 1 saturated heterocycles. The third kappa shape index (κ3) is 4.51. The number of rotatable bonds is 6. The van der Waals surface area contributed by atoms with Crippen LogP contribution in [0.4, 0.5) is 0 Å². The third-order valence-electron chi connectivity index (χ3n) is 8.89. The van der Waals surface area contributed by atoms with Crippen molar-refractivity contribution in [3.05, 3.63) is 119 Å². The van der Waals surface area contributed by atoms with Crippen LogP contribution >= 0.6 is 11.8 Å². The van der Waals surface area contributed by atoms with E-state index in [-0.39, 0.29) is 17.9 Å². The van der Waals surface area contributed by atoms with Gasteiger partial charge in [0, 0.05) is 78.0 Å². The van der Waals surface area contributed by atoms with Gasteiger partial charge < -0.3 is 14.4 Å². The summed E-state index contributed by atoms with van der Waals surface area (Å²) < 4.78 is 2.28. The molecule has 0 radical (unpaired) electrons. The van der Waals surface area contributed by atoms with Gasteiger partial charge in [-0.05, 0) is 47.4 Å². The average molecular weight is 546 g/mol. The van der Waals surface area contributed by atoms with Crippen molar-refractivity contribution in [2.75, 3.05) is 37.7 Å². The molecule has 4 aromatic carbocycles. The first-order valence-electron chi connectivity index (χ1n) is 14.4. The van der Waals surface area contributed by atoms with Gasteiger partial charge in [-0.2, -0.15) is 11.8 Å². The zero-order chi connectivity index (χ0) is 27.1. The topological polar surface area (TPSA) is 28.5 Å². The zero-order valence-corrected chi connectivity index (χ0v) is 23.8. The summed E-state index contributed by atoms with van der Waals surface area (Å²) in [6.07, 6.45) is 0.842. The van der Waals surface area contributed by atoms with Crippen molar-refractivity contribution in [2.45, 2.75) is 18.4 Å². The van der Waals surface area contributed by atoms with Gasteiger partial charge in [-0.15, -0.1) is 0 Å². The Kier molecular flexibility index (Phi) is 6.86. The van der Waals surface area contributed by atoms with Crippen molar-refractivity contribution in [2.24, 2.45) is 7.05 Å². The molecule has 5 heteroatoms. The number of amides is 1. The molecule has 1 fully saturated rings. The van der Waals surface area contributed by atoms with E-state index < -0.39 is 0 Å². The van der Waals surface area contributed by atoms with Crippen LogP contribution in [0.15, 0.2) is 97.1 Å². The van der Waals surface area contributed by atoms with Crippen LogP contribution in [0.1, 0.15) is 39.0 Å². The summed E-state index contributed by atoms with van der Waals surface area (Å²) in [6, 6.07) is 34.5. The molecule has 0 aliphatic carbocycles. The summed E-state index contributed by atoms with van der Waals surface area (Å²) in [7, 11) is 2.15. The molecule has 2 aliphatic rings. The Morgan fingerprint density at radius 3 is 2.38 bits per heavy atom. The van der Waals surface area contributed by atoms with Gasteiger partial charge in [0.15, 0.2) is 0 Å². The monoisotopic (exact) mass is 545 g/mol. The average Bonchev–Trinajstić information content (AvgIpc) is 3.30. The van der Waals surface area contributed by atoms with Crippen LogP contribution in [-0.4, -0.2) is 58.0 Å². The molecule has 1 aromatic heterocycles. The Morgan fingerprint density at radius 1 is 0.800 bits per heavy atom. The van der Waals surface area contributed by atoms with Crippen LogP contribution in [0, 0.1) is 0 Å². The summed E-state index contributed by atoms with van der Waals surface area (Å²) in [5, 5.41) is 2.53. The Bertz CT molecular complexity index is 1670. The highest BCUT2D eigenvalue weighted by Gasteiger charge is 2.41. The maximum absolute atomic E-state index is 14.2. The molecule has 4 nitrogen and oxygen atoms in total. The van der Waals surface area contributed by atoms with Crippen molar-refractivity contribution in [3.8, 4) is 0 Å². The van der Waals surface area contributed by atoms with Crippen LogP contribution < -0.4 is 0 Å². The summed E-state index contributed by atoms with van der Waals surface area (Å²) >= 11 is 2.05. The predicted molar refractivity (Wildman–Crippen MR) is 167 cm³/mol. The zero-order valence-electron chi connectivity index (χ0n) is 23.0. The summed E-state index contributed by atoms with van der Waals surface area (Å²) in [4.78, 5) is 19.0. The molecular formula is C35H35N3OS. The van der Waals surface area contributed by atoms with Gasteiger partial charge >= 0.3 is 0 Å². The van der Waals surface area contributed by atoms with Gasteiger partial charge in [0.25, 0.3) is 5.91 Å². The van der Waals surface area contributed by atoms with Crippen LogP contribution in [0.5, 0.6) is 0 Å². The van der Waals surface area contributed by atoms with Crippen LogP contribution in [0.2, 0.25) is 0 Å². The number of hydrogen-bond acceptors (Lipinski definition) is 3. The quantitative estimate of drug-likeness (QED) is 0.232. The second kappa shape index (κ2) is 10.8. The van der Waals surface area contributed by atoms with Gasteiger partial charge in [0.05, 0.1) is 6.04 Å². The minimum atomic E-state index is -0.0240. The highest BCUT2D eigenvalue weighted by Crippen LogP contribution is 2.44. The number of nitrogens with zero attached hydrogens (tertiary/aromatic N) is 3. The van der Waals surface area contributed by atoms with E-state index in [0.717, 1.165) is 31.6 Å². The lowest BCUT2D eigenvalue weighted by Crippen LogP contribution is -2.47. The fourth-order valence-electron chi connectivity index (χ4n) is 6.86. The third-order valence-corrected chi connectivity index (χ3v) is 9.83. The highest BCUT2D eigenvalue weighted by atomic mass is 32.2. The van der Waals surface area contributed by atoms with E-state index in [1.54, 1.807) is 0 Å². The second-order valence-electron chi connectivity index (χ2n) is 11.1. The minimum Gasteiger partial charge on any atom is -0.344 e. The molecule has 5 aromatic rings. The van der Waals surface area contributed by atoms with Crippen molar-refractivity contribution in [3.63, 3.8) is 0 Å². The van der Waals surface area contributed by atoms with Gasteiger partial charge in [0.1, 0.15) is 0 Å². The van der Waals surface area contributed by atoms with Gasteiger partial charge in [-0.3, -0.25) is 4.79 Å². The number of carbonyl (C=O) groups excluding carboxylic acids is 1. The second-order valence-corrected chi connectivity index (χ2v) is 12.4. The lowest BCUT2D eigenvalue weighted by molar-refractivity contribution is 0.0584. The number of benzene rings is 4. The first-order valence-corrected chi connectivity index (χ1v) is 15.6. The number of hydrogen-bond donors (Lipinski definition) is 0. The molecule has 0 bridgehead atoms. The number of aryl methyl sites for hydroxylation is 1. The molecule has 7 rings (SSSR count). The number of thioether (sulfide) groups is 1. The molecule has 0 unspecified atom stereocenters. The predicted octanol–water partition coefficient (Wildman–Crippen LogP) is 6.90. The molecular weight excluding hydrogens is 510 g/mol. The molecule has 1 amide bonds. The summed E-state index contributed by atoms with van der Waals surface area (Å²) in [6.45, 7) is 3.87. The van der Waals surface area contributed by atoms with Crippen LogP contribution in [-0.2, 0) is 13.5 Å². The Morgan fingerprint density at radius 2 is 1.52 bits per heavy atom. The molecule has 0 N–H and O–H groups in total. The van der Waals surface area contributed by atoms with E-state index in [9.17, 15) is 4.79 Å². The van der Waals surface area contributed by atoms with Crippen molar-refractivity contribution in [1.82, 2.24) is 14.4 Å². The number of aromatic nitrogens is 1. The summed E-state index contributed by atoms with van der Waals surface area (Å²) in [5.41, 5.74) is 7.04. The smallest absolute Gasteiger partial charge is 0.254 e. The Labute approximate surface area is 240 Å². The maximum Gasteiger partial charge on any atom is 0.254 e. The van der Waals surface area contributed by atoms with Crippen LogP contribution in [0.25, 0.3) is 21.8 Å². The maximum atomic E-state index is 14.2. The lowest BCUT2D eigenvalue weighted by atomic mass is 9.79. The molecule has 40 heavy (non-hydrogen) atoms. The largest absolute Gasteiger partial charge is 0.344 e. The van der Waals surface area contributed by atoms with Gasteiger partial charge in [0.2, 0.25) is 0 Å².